The second-order valence-electron chi connectivity index (χ2n) is 15.6. The Morgan fingerprint density at radius 2 is 0.349 bits per heavy atom. The average molecular weight is 664 g/mol. The molecule has 4 saturated carbocycles. The molecule has 5 aliphatic heterocycles. The summed E-state index contributed by atoms with van der Waals surface area (Å²) in [5, 5.41) is 33.8. The quantitative estimate of drug-likeness (QED) is 0.169. The van der Waals surface area contributed by atoms with Gasteiger partial charge in [0, 0.05) is 0 Å². The van der Waals surface area contributed by atoms with Gasteiger partial charge in [-0.3, -0.25) is 42.5 Å². The van der Waals surface area contributed by atoms with Gasteiger partial charge in [-0.25, -0.2) is 0 Å². The third-order valence-electron chi connectivity index (χ3n) is 13.8. The summed E-state index contributed by atoms with van der Waals surface area (Å²) < 4.78 is 0. The van der Waals surface area contributed by atoms with Crippen LogP contribution in [0.25, 0.3) is 0 Å². The van der Waals surface area contributed by atoms with Crippen molar-refractivity contribution in [3.8, 4) is 0 Å². The predicted molar refractivity (Wildman–Crippen MR) is 173 cm³/mol. The van der Waals surface area contributed by atoms with E-state index in [1.54, 1.807) is 0 Å². The number of hydrogen-bond donors (Lipinski definition) is 8. The monoisotopic (exact) mass is 664 g/mol. The van der Waals surface area contributed by atoms with Crippen molar-refractivity contribution in [1.82, 2.24) is 42.5 Å². The Kier molecular flexibility index (Phi) is 10.5. The third-order valence-corrected chi connectivity index (χ3v) is 13.8. The van der Waals surface area contributed by atoms with E-state index >= 15 is 0 Å². The van der Waals surface area contributed by atoms with E-state index in [2.05, 4.69) is 42.5 Å². The van der Waals surface area contributed by atoms with Crippen LogP contribution in [-0.4, -0.2) is 77.9 Å². The second kappa shape index (κ2) is 13.7. The molecule has 9 fully saturated rings. The first-order valence-corrected chi connectivity index (χ1v) is 17.9. The minimum atomic E-state index is 0. The molecule has 43 heavy (non-hydrogen) atoms. The van der Waals surface area contributed by atoms with Gasteiger partial charge in [0.15, 0.2) is 0 Å². The fourth-order valence-corrected chi connectivity index (χ4v) is 12.0. The van der Waals surface area contributed by atoms with Gasteiger partial charge < -0.3 is 11.0 Å². The van der Waals surface area contributed by atoms with Gasteiger partial charge in [0.2, 0.25) is 0 Å². The van der Waals surface area contributed by atoms with Crippen LogP contribution in [0.3, 0.4) is 0 Å². The van der Waals surface area contributed by atoms with Crippen LogP contribution in [0.2, 0.25) is 0 Å². The SMILES string of the molecule is C1CCC2C3NC(NC4NC(NC5NC(NC6NC(N3)C3CCCCC63)C3CCCCC53)C3CCCCC43)C2C1.O.O.[GeH2]. The van der Waals surface area contributed by atoms with Gasteiger partial charge in [-0.1, -0.05) is 51.4 Å². The Balaban J connectivity index is 0.00000110. The molecule has 0 aromatic heterocycles. The van der Waals surface area contributed by atoms with Gasteiger partial charge >= 0.3 is 17.6 Å². The van der Waals surface area contributed by atoms with Crippen molar-refractivity contribution in [2.75, 3.05) is 0 Å². The third kappa shape index (κ3) is 5.81. The van der Waals surface area contributed by atoms with Gasteiger partial charge in [0.1, 0.15) is 0 Å². The molecule has 5 saturated heterocycles. The zero-order valence-electron chi connectivity index (χ0n) is 26.3. The molecule has 0 aromatic rings. The minimum absolute atomic E-state index is 0. The molecule has 246 valence electrons. The molecule has 5 heterocycles. The summed E-state index contributed by atoms with van der Waals surface area (Å²) in [6.45, 7) is 0. The molecule has 0 aromatic carbocycles. The van der Waals surface area contributed by atoms with Gasteiger partial charge in [0.05, 0.1) is 49.3 Å². The van der Waals surface area contributed by atoms with Crippen molar-refractivity contribution in [3.05, 3.63) is 0 Å². The first-order chi connectivity index (χ1) is 19.8. The van der Waals surface area contributed by atoms with Crippen LogP contribution in [-0.2, 0) is 0 Å². The number of rotatable bonds is 0. The van der Waals surface area contributed by atoms with E-state index in [0.29, 0.717) is 49.3 Å². The van der Waals surface area contributed by atoms with Crippen LogP contribution in [0.15, 0.2) is 0 Å². The molecule has 0 amide bonds. The van der Waals surface area contributed by atoms with Crippen LogP contribution in [0.4, 0.5) is 0 Å². The molecule has 8 bridgehead atoms. The van der Waals surface area contributed by atoms with Gasteiger partial charge in [0.25, 0.3) is 0 Å². The topological polar surface area (TPSA) is 159 Å². The fraction of sp³-hybridized carbons (Fsp3) is 1.00. The maximum absolute atomic E-state index is 4.26. The molecule has 4 aliphatic carbocycles. The van der Waals surface area contributed by atoms with Gasteiger partial charge in [-0.15, -0.1) is 0 Å². The van der Waals surface area contributed by atoms with E-state index in [9.17, 15) is 0 Å². The summed E-state index contributed by atoms with van der Waals surface area (Å²) in [7, 11) is 0. The van der Waals surface area contributed by atoms with E-state index in [-0.39, 0.29) is 28.5 Å². The molecule has 9 aliphatic rings. The maximum atomic E-state index is 4.26. The second-order valence-corrected chi connectivity index (χ2v) is 15.6. The van der Waals surface area contributed by atoms with Crippen LogP contribution in [0, 0.1) is 47.3 Å². The first-order valence-electron chi connectivity index (χ1n) is 17.9. The molecule has 8 atom stereocenters. The summed E-state index contributed by atoms with van der Waals surface area (Å²) in [4.78, 5) is 0. The Labute approximate surface area is 269 Å². The van der Waals surface area contributed by atoms with Crippen LogP contribution >= 0.6 is 0 Å². The fourth-order valence-electron chi connectivity index (χ4n) is 12.0. The Morgan fingerprint density at radius 3 is 0.465 bits per heavy atom. The molecule has 0 spiro atoms. The van der Waals surface area contributed by atoms with E-state index in [1.165, 1.54) is 103 Å². The molecule has 9 rings (SSSR count). The van der Waals surface area contributed by atoms with Crippen LogP contribution in [0.5, 0.6) is 0 Å². The number of hydrogen-bond acceptors (Lipinski definition) is 8. The van der Waals surface area contributed by atoms with Crippen molar-refractivity contribution >= 4 is 17.6 Å². The van der Waals surface area contributed by atoms with Crippen LogP contribution < -0.4 is 42.5 Å². The normalized spacial score (nSPS) is 53.6. The van der Waals surface area contributed by atoms with Gasteiger partial charge in [-0.2, -0.15) is 0 Å². The summed E-state index contributed by atoms with van der Waals surface area (Å²) in [5.74, 6) is 5.97. The van der Waals surface area contributed by atoms with Crippen molar-refractivity contribution in [2.24, 2.45) is 47.3 Å². The summed E-state index contributed by atoms with van der Waals surface area (Å²) >= 11 is 0. The zero-order chi connectivity index (χ0) is 26.2. The van der Waals surface area contributed by atoms with Crippen molar-refractivity contribution in [3.63, 3.8) is 0 Å². The van der Waals surface area contributed by atoms with E-state index in [4.69, 9.17) is 0 Å². The van der Waals surface area contributed by atoms with Crippen molar-refractivity contribution in [2.45, 2.75) is 152 Å². The standard InChI is InChI=1S/C32H56N8.GeH2.2H2O/c1-2-10-18-17(9-1)25-33-26(18)38-28-21-13-5-6-14-22(21)30(35-28)40-32-24-16-8-7-15-23(24)31(36-32)39-29-20-12-4-3-11-19(20)27(34-29)37-25;;;/h17-40H,1-16H2;3*1H2. The Hall–Kier alpha value is 0.143. The summed E-state index contributed by atoms with van der Waals surface area (Å²) in [6.07, 6.45) is 25.6. The number of nitrogens with one attached hydrogen (secondary N) is 8. The average Bonchev–Trinajstić information content (AvgIpc) is 3.73. The first kappa shape index (κ1) is 33.1. The van der Waals surface area contributed by atoms with E-state index < -0.39 is 0 Å². The molecule has 8 unspecified atom stereocenters. The molecule has 2 radical (unpaired) electrons. The number of fused-ring (bicyclic) bond motifs is 20. The molecule has 11 heteroatoms. The predicted octanol–water partition coefficient (Wildman–Crippen LogP) is 0.0400. The van der Waals surface area contributed by atoms with Crippen molar-refractivity contribution < 1.29 is 11.0 Å². The molecule has 12 N–H and O–H groups in total. The van der Waals surface area contributed by atoms with Gasteiger partial charge in [-0.05, 0) is 98.7 Å². The summed E-state index contributed by atoms with van der Waals surface area (Å²) in [5.41, 5.74) is 0. The van der Waals surface area contributed by atoms with Crippen LogP contribution in [0.1, 0.15) is 103 Å². The molecular formula is C32H62GeN8O2. The zero-order valence-corrected chi connectivity index (χ0v) is 29.2. The van der Waals surface area contributed by atoms with E-state index in [0.717, 1.165) is 47.3 Å². The summed E-state index contributed by atoms with van der Waals surface area (Å²) in [6, 6.07) is 0. The molecular weight excluding hydrogens is 601 g/mol. The Bertz CT molecular complexity index is 728. The van der Waals surface area contributed by atoms with Crippen molar-refractivity contribution in [1.29, 1.82) is 0 Å². The van der Waals surface area contributed by atoms with E-state index in [1.807, 2.05) is 0 Å². The Morgan fingerprint density at radius 1 is 0.233 bits per heavy atom. The molecule has 10 nitrogen and oxygen atoms in total.